The zero-order valence-electron chi connectivity index (χ0n) is 16.7. The lowest BCUT2D eigenvalue weighted by molar-refractivity contribution is 0.0518. The van der Waals surface area contributed by atoms with E-state index in [0.29, 0.717) is 16.1 Å². The van der Waals surface area contributed by atoms with Crippen molar-refractivity contribution >= 4 is 21.9 Å². The van der Waals surface area contributed by atoms with Gasteiger partial charge in [-0.1, -0.05) is 35.9 Å². The van der Waals surface area contributed by atoms with Crippen molar-refractivity contribution in [3.05, 3.63) is 69.8 Å². The topological polar surface area (TPSA) is 83.0 Å². The normalized spacial score (nSPS) is 10.9. The molecule has 0 spiro atoms. The lowest BCUT2D eigenvalue weighted by Gasteiger charge is -2.08. The molecule has 8 heteroatoms. The molecule has 0 unspecified atom stereocenters. The second kappa shape index (κ2) is 8.23. The summed E-state index contributed by atoms with van der Waals surface area (Å²) in [6.07, 6.45) is 0. The van der Waals surface area contributed by atoms with Gasteiger partial charge in [0.2, 0.25) is 5.89 Å². The number of carbonyl (C=O) groups excluding carboxylic acids is 1. The highest BCUT2D eigenvalue weighted by atomic mass is 79.9. The van der Waals surface area contributed by atoms with Gasteiger partial charge in [-0.2, -0.15) is 5.10 Å². The van der Waals surface area contributed by atoms with Crippen LogP contribution in [-0.4, -0.2) is 32.6 Å². The van der Waals surface area contributed by atoms with Gasteiger partial charge in [0.1, 0.15) is 5.69 Å². The smallest absolute Gasteiger partial charge is 0.360 e. The summed E-state index contributed by atoms with van der Waals surface area (Å²) < 4.78 is 13.2. The van der Waals surface area contributed by atoms with Crippen molar-refractivity contribution in [1.82, 2.24) is 20.0 Å². The molecular formula is C22H19BrN4O3. The minimum atomic E-state index is -0.531. The molecule has 2 heterocycles. The minimum absolute atomic E-state index is 0.144. The summed E-state index contributed by atoms with van der Waals surface area (Å²) in [6.45, 7) is 5.95. The van der Waals surface area contributed by atoms with Crippen molar-refractivity contribution in [2.45, 2.75) is 20.8 Å². The highest BCUT2D eigenvalue weighted by molar-refractivity contribution is 9.10. The van der Waals surface area contributed by atoms with Gasteiger partial charge in [-0.3, -0.25) is 0 Å². The van der Waals surface area contributed by atoms with Gasteiger partial charge in [0.15, 0.2) is 5.69 Å². The number of benzene rings is 2. The zero-order valence-corrected chi connectivity index (χ0v) is 18.3. The average molecular weight is 467 g/mol. The molecule has 2 aromatic heterocycles. The number of carbonyl (C=O) groups is 1. The third-order valence-electron chi connectivity index (χ3n) is 4.53. The van der Waals surface area contributed by atoms with Crippen LogP contribution in [0.15, 0.2) is 57.4 Å². The van der Waals surface area contributed by atoms with Crippen LogP contribution in [0.25, 0.3) is 28.7 Å². The summed E-state index contributed by atoms with van der Waals surface area (Å²) in [6, 6.07) is 15.5. The number of hydrogen-bond acceptors (Lipinski definition) is 6. The van der Waals surface area contributed by atoms with Crippen molar-refractivity contribution in [2.75, 3.05) is 6.61 Å². The molecule has 30 heavy (non-hydrogen) atoms. The Morgan fingerprint density at radius 2 is 1.87 bits per heavy atom. The molecular weight excluding hydrogens is 448 g/mol. The van der Waals surface area contributed by atoms with E-state index in [1.807, 2.05) is 62.4 Å². The first-order valence-corrected chi connectivity index (χ1v) is 10.2. The van der Waals surface area contributed by atoms with Crippen molar-refractivity contribution in [2.24, 2.45) is 0 Å². The minimum Gasteiger partial charge on any atom is -0.461 e. The molecule has 0 bridgehead atoms. The fourth-order valence-corrected chi connectivity index (χ4v) is 3.68. The van der Waals surface area contributed by atoms with Crippen LogP contribution in [0.3, 0.4) is 0 Å². The molecule has 0 amide bonds. The molecule has 0 aliphatic heterocycles. The van der Waals surface area contributed by atoms with E-state index in [0.717, 1.165) is 22.4 Å². The summed E-state index contributed by atoms with van der Waals surface area (Å²) in [5, 5.41) is 12.9. The molecule has 0 atom stereocenters. The highest BCUT2D eigenvalue weighted by Crippen LogP contribution is 2.35. The van der Waals surface area contributed by atoms with Crippen LogP contribution in [0.5, 0.6) is 0 Å². The van der Waals surface area contributed by atoms with E-state index < -0.39 is 5.97 Å². The van der Waals surface area contributed by atoms with Crippen molar-refractivity contribution in [3.8, 4) is 28.7 Å². The van der Waals surface area contributed by atoms with E-state index >= 15 is 0 Å². The van der Waals surface area contributed by atoms with E-state index in [1.54, 1.807) is 11.6 Å². The molecule has 4 aromatic rings. The van der Waals surface area contributed by atoms with E-state index in [-0.39, 0.29) is 18.2 Å². The Hall–Kier alpha value is -3.26. The van der Waals surface area contributed by atoms with Gasteiger partial charge < -0.3 is 9.15 Å². The summed E-state index contributed by atoms with van der Waals surface area (Å²) >= 11 is 3.50. The molecule has 152 valence electrons. The number of rotatable bonds is 5. The van der Waals surface area contributed by atoms with Crippen LogP contribution in [0.4, 0.5) is 0 Å². The molecule has 0 radical (unpaired) electrons. The Labute approximate surface area is 181 Å². The molecule has 0 N–H and O–H groups in total. The predicted molar refractivity (Wildman–Crippen MR) is 115 cm³/mol. The first-order valence-electron chi connectivity index (χ1n) is 9.42. The molecule has 0 aliphatic carbocycles. The second-order valence-electron chi connectivity index (χ2n) is 6.71. The quantitative estimate of drug-likeness (QED) is 0.378. The van der Waals surface area contributed by atoms with Crippen LogP contribution < -0.4 is 0 Å². The van der Waals surface area contributed by atoms with Gasteiger partial charge in [-0.25, -0.2) is 9.48 Å². The van der Waals surface area contributed by atoms with E-state index in [1.165, 1.54) is 0 Å². The summed E-state index contributed by atoms with van der Waals surface area (Å²) in [4.78, 5) is 12.4. The third-order valence-corrected chi connectivity index (χ3v) is 5.28. The Balaban J connectivity index is 1.89. The highest BCUT2D eigenvalue weighted by Gasteiger charge is 2.28. The van der Waals surface area contributed by atoms with Crippen molar-refractivity contribution < 1.29 is 13.9 Å². The third kappa shape index (κ3) is 3.66. The molecule has 2 aromatic carbocycles. The van der Waals surface area contributed by atoms with Gasteiger partial charge in [-0.15, -0.1) is 10.2 Å². The number of ether oxygens (including phenoxy) is 1. The largest absolute Gasteiger partial charge is 0.461 e. The molecule has 0 saturated heterocycles. The first-order chi connectivity index (χ1) is 14.5. The van der Waals surface area contributed by atoms with Crippen molar-refractivity contribution in [3.63, 3.8) is 0 Å². The first kappa shape index (κ1) is 20.0. The standard InChI is InChI=1S/C22H19BrN4O3/c1-4-29-22(28)18-17(23)19(27(26-18)16-11-6-5-9-14(16)3)21-25-24-20(30-21)15-10-7-8-13(2)12-15/h5-12H,4H2,1-3H3. The van der Waals surface area contributed by atoms with Crippen LogP contribution in [0, 0.1) is 13.8 Å². The Kier molecular flexibility index (Phi) is 5.50. The number of hydrogen-bond donors (Lipinski definition) is 0. The number of aryl methyl sites for hydroxylation is 2. The van der Waals surface area contributed by atoms with E-state index in [2.05, 4.69) is 31.2 Å². The number of halogens is 1. The van der Waals surface area contributed by atoms with E-state index in [9.17, 15) is 4.79 Å². The molecule has 0 saturated carbocycles. The lowest BCUT2D eigenvalue weighted by atomic mass is 10.1. The summed E-state index contributed by atoms with van der Waals surface area (Å²) in [5.41, 5.74) is 4.30. The van der Waals surface area contributed by atoms with Crippen LogP contribution in [0.1, 0.15) is 28.5 Å². The average Bonchev–Trinajstić information content (AvgIpc) is 3.33. The maximum atomic E-state index is 12.4. The fourth-order valence-electron chi connectivity index (χ4n) is 3.10. The molecule has 7 nitrogen and oxygen atoms in total. The van der Waals surface area contributed by atoms with Gasteiger partial charge >= 0.3 is 5.97 Å². The summed E-state index contributed by atoms with van der Waals surface area (Å²) in [7, 11) is 0. The van der Waals surface area contributed by atoms with Crippen LogP contribution in [-0.2, 0) is 4.74 Å². The SMILES string of the molecule is CCOC(=O)c1nn(-c2ccccc2C)c(-c2nnc(-c3cccc(C)c3)o2)c1Br. The van der Waals surface area contributed by atoms with E-state index in [4.69, 9.17) is 9.15 Å². The number of esters is 1. The number of nitrogens with zero attached hydrogens (tertiary/aromatic N) is 4. The van der Waals surface area contributed by atoms with Gasteiger partial charge in [0, 0.05) is 5.56 Å². The molecule has 0 aliphatic rings. The van der Waals surface area contributed by atoms with Gasteiger partial charge in [-0.05, 0) is 60.5 Å². The predicted octanol–water partition coefficient (Wildman–Crippen LogP) is 5.15. The maximum absolute atomic E-state index is 12.4. The Morgan fingerprint density at radius 1 is 1.10 bits per heavy atom. The maximum Gasteiger partial charge on any atom is 0.360 e. The van der Waals surface area contributed by atoms with Gasteiger partial charge in [0.25, 0.3) is 5.89 Å². The molecule has 0 fully saturated rings. The molecule has 4 rings (SSSR count). The van der Waals surface area contributed by atoms with Crippen LogP contribution in [0.2, 0.25) is 0 Å². The Bertz CT molecular complexity index is 1230. The second-order valence-corrected chi connectivity index (χ2v) is 7.50. The Morgan fingerprint density at radius 3 is 2.60 bits per heavy atom. The van der Waals surface area contributed by atoms with Crippen molar-refractivity contribution in [1.29, 1.82) is 0 Å². The fraction of sp³-hybridized carbons (Fsp3) is 0.182. The number of aromatic nitrogens is 4. The van der Waals surface area contributed by atoms with Gasteiger partial charge in [0.05, 0.1) is 16.8 Å². The zero-order chi connectivity index (χ0) is 21.3. The lowest BCUT2D eigenvalue weighted by Crippen LogP contribution is -2.07. The number of para-hydroxylation sites is 1. The van der Waals surface area contributed by atoms with Crippen LogP contribution >= 0.6 is 15.9 Å². The summed E-state index contributed by atoms with van der Waals surface area (Å²) in [5.74, 6) is 0.0943. The monoisotopic (exact) mass is 466 g/mol.